The van der Waals surface area contributed by atoms with Crippen molar-refractivity contribution in [3.8, 4) is 0 Å². The van der Waals surface area contributed by atoms with Gasteiger partial charge in [-0.1, -0.05) is 62.2 Å². The van der Waals surface area contributed by atoms with Crippen molar-refractivity contribution in [2.45, 2.75) is 45.4 Å². The first kappa shape index (κ1) is 16.3. The van der Waals surface area contributed by atoms with Crippen molar-refractivity contribution in [1.29, 1.82) is 0 Å². The minimum Gasteiger partial charge on any atom is -0.351 e. The van der Waals surface area contributed by atoms with Gasteiger partial charge in [0.2, 0.25) is 0 Å². The van der Waals surface area contributed by atoms with Gasteiger partial charge < -0.3 is 5.32 Å². The predicted molar refractivity (Wildman–Crippen MR) is 80.0 cm³/mol. The average molecular weight is 303 g/mol. The zero-order chi connectivity index (χ0) is 14.1. The summed E-state index contributed by atoms with van der Waals surface area (Å²) in [7, 11) is 0. The van der Waals surface area contributed by atoms with Crippen molar-refractivity contribution in [2.75, 3.05) is 6.54 Å². The first-order chi connectivity index (χ1) is 9.15. The molecule has 0 radical (unpaired) electrons. The second kappa shape index (κ2) is 9.16. The van der Waals surface area contributed by atoms with Crippen molar-refractivity contribution >= 4 is 29.1 Å². The second-order valence-electron chi connectivity index (χ2n) is 4.49. The van der Waals surface area contributed by atoms with Crippen molar-refractivity contribution in [3.63, 3.8) is 0 Å². The van der Waals surface area contributed by atoms with Crippen molar-refractivity contribution in [3.05, 3.63) is 28.0 Å². The second-order valence-corrected chi connectivity index (χ2v) is 5.28. The minimum absolute atomic E-state index is 0.195. The number of halogens is 2. The van der Waals surface area contributed by atoms with Gasteiger partial charge in [-0.15, -0.1) is 0 Å². The van der Waals surface area contributed by atoms with Gasteiger partial charge in [0.25, 0.3) is 5.91 Å². The Hall–Kier alpha value is -0.800. The van der Waals surface area contributed by atoms with Crippen molar-refractivity contribution < 1.29 is 4.79 Å². The van der Waals surface area contributed by atoms with E-state index >= 15 is 0 Å². The molecule has 0 aromatic carbocycles. The van der Waals surface area contributed by atoms with Crippen LogP contribution in [0, 0.1) is 0 Å². The standard InChI is InChI=1S/C14H20Cl2N2O/c1-2-3-4-5-6-7-10-17-14(19)13-11(15)8-9-12(16)18-13/h8-9H,2-7,10H2,1H3,(H,17,19). The summed E-state index contributed by atoms with van der Waals surface area (Å²) in [6.45, 7) is 2.84. The molecule has 1 amide bonds. The molecule has 0 saturated carbocycles. The summed E-state index contributed by atoms with van der Waals surface area (Å²) in [6, 6.07) is 3.14. The molecule has 0 spiro atoms. The number of nitrogens with one attached hydrogen (secondary N) is 1. The Bertz CT molecular complexity index is 410. The lowest BCUT2D eigenvalue weighted by atomic mass is 10.1. The maximum atomic E-state index is 11.8. The first-order valence-electron chi connectivity index (χ1n) is 6.75. The van der Waals surface area contributed by atoms with Gasteiger partial charge in [-0.3, -0.25) is 4.79 Å². The number of hydrogen-bond donors (Lipinski definition) is 1. The lowest BCUT2D eigenvalue weighted by Crippen LogP contribution is -2.25. The topological polar surface area (TPSA) is 42.0 Å². The first-order valence-corrected chi connectivity index (χ1v) is 7.51. The molecular formula is C14H20Cl2N2O. The maximum Gasteiger partial charge on any atom is 0.271 e. The summed E-state index contributed by atoms with van der Waals surface area (Å²) in [6.07, 6.45) is 7.14. The molecule has 0 aliphatic carbocycles. The molecule has 19 heavy (non-hydrogen) atoms. The fraction of sp³-hybridized carbons (Fsp3) is 0.571. The van der Waals surface area contributed by atoms with Crippen LogP contribution in [0.1, 0.15) is 55.9 Å². The van der Waals surface area contributed by atoms with Crippen molar-refractivity contribution in [2.24, 2.45) is 0 Å². The molecule has 1 aromatic heterocycles. The number of unbranched alkanes of at least 4 members (excludes halogenated alkanes) is 5. The number of aromatic nitrogens is 1. The van der Waals surface area contributed by atoms with Crippen LogP contribution >= 0.6 is 23.2 Å². The molecule has 1 rings (SSSR count). The Labute approximate surface area is 124 Å². The summed E-state index contributed by atoms with van der Waals surface area (Å²) in [4.78, 5) is 15.8. The highest BCUT2D eigenvalue weighted by molar-refractivity contribution is 6.34. The smallest absolute Gasteiger partial charge is 0.271 e. The van der Waals surface area contributed by atoms with E-state index in [0.29, 0.717) is 11.6 Å². The zero-order valence-corrected chi connectivity index (χ0v) is 12.7. The van der Waals surface area contributed by atoms with Crippen LogP contribution in [-0.2, 0) is 0 Å². The monoisotopic (exact) mass is 302 g/mol. The van der Waals surface area contributed by atoms with Crippen molar-refractivity contribution in [1.82, 2.24) is 10.3 Å². The predicted octanol–water partition coefficient (Wildman–Crippen LogP) is 4.48. The molecule has 106 valence electrons. The van der Waals surface area contributed by atoms with Gasteiger partial charge >= 0.3 is 0 Å². The molecule has 0 aliphatic rings. The number of amides is 1. The van der Waals surface area contributed by atoms with Crippen LogP contribution in [-0.4, -0.2) is 17.4 Å². The third-order valence-electron chi connectivity index (χ3n) is 2.84. The molecule has 5 heteroatoms. The van der Waals surface area contributed by atoms with Gasteiger partial charge in [0, 0.05) is 6.54 Å². The van der Waals surface area contributed by atoms with Crippen LogP contribution in [0.3, 0.4) is 0 Å². The fourth-order valence-electron chi connectivity index (χ4n) is 1.77. The normalized spacial score (nSPS) is 10.5. The van der Waals surface area contributed by atoms with Gasteiger partial charge in [-0.05, 0) is 18.6 Å². The summed E-state index contributed by atoms with van der Waals surface area (Å²) in [5.41, 5.74) is 0.195. The Morgan fingerprint density at radius 1 is 1.16 bits per heavy atom. The summed E-state index contributed by atoms with van der Waals surface area (Å²) in [5, 5.41) is 3.41. The van der Waals surface area contributed by atoms with E-state index in [9.17, 15) is 4.79 Å². The molecule has 0 bridgehead atoms. The molecule has 0 unspecified atom stereocenters. The van der Waals surface area contributed by atoms with Gasteiger partial charge in [0.05, 0.1) is 5.02 Å². The molecule has 0 fully saturated rings. The molecular weight excluding hydrogens is 283 g/mol. The molecule has 3 nitrogen and oxygen atoms in total. The highest BCUT2D eigenvalue weighted by Gasteiger charge is 2.11. The zero-order valence-electron chi connectivity index (χ0n) is 11.2. The summed E-state index contributed by atoms with van der Waals surface area (Å²) < 4.78 is 0. The number of rotatable bonds is 8. The SMILES string of the molecule is CCCCCCCCNC(=O)c1nc(Cl)ccc1Cl. The number of hydrogen-bond acceptors (Lipinski definition) is 2. The Morgan fingerprint density at radius 2 is 1.84 bits per heavy atom. The lowest BCUT2D eigenvalue weighted by molar-refractivity contribution is 0.0948. The van der Waals surface area contributed by atoms with Gasteiger partial charge in [0.1, 0.15) is 10.8 Å². The highest BCUT2D eigenvalue weighted by atomic mass is 35.5. The third kappa shape index (κ3) is 6.26. The van der Waals surface area contributed by atoms with Crippen LogP contribution in [0.5, 0.6) is 0 Å². The number of pyridine rings is 1. The number of carbonyl (C=O) groups excluding carboxylic acids is 1. The van der Waals surface area contributed by atoms with E-state index in [4.69, 9.17) is 23.2 Å². The minimum atomic E-state index is -0.263. The third-order valence-corrected chi connectivity index (χ3v) is 3.36. The van der Waals surface area contributed by atoms with Gasteiger partial charge in [-0.25, -0.2) is 4.98 Å². The van der Waals surface area contributed by atoms with E-state index in [1.165, 1.54) is 25.7 Å². The van der Waals surface area contributed by atoms with Crippen LogP contribution in [0.25, 0.3) is 0 Å². The van der Waals surface area contributed by atoms with Crippen LogP contribution < -0.4 is 5.32 Å². The molecule has 0 aliphatic heterocycles. The van der Waals surface area contributed by atoms with Crippen LogP contribution in [0.4, 0.5) is 0 Å². The molecule has 0 saturated heterocycles. The summed E-state index contributed by atoms with van der Waals surface area (Å²) >= 11 is 11.6. The van der Waals surface area contributed by atoms with E-state index in [0.717, 1.165) is 12.8 Å². The van der Waals surface area contributed by atoms with E-state index in [2.05, 4.69) is 17.2 Å². The highest BCUT2D eigenvalue weighted by Crippen LogP contribution is 2.16. The Balaban J connectivity index is 2.26. The van der Waals surface area contributed by atoms with E-state index in [1.807, 2.05) is 0 Å². The average Bonchev–Trinajstić information content (AvgIpc) is 2.40. The van der Waals surface area contributed by atoms with Crippen LogP contribution in [0.2, 0.25) is 10.2 Å². The Morgan fingerprint density at radius 3 is 2.58 bits per heavy atom. The largest absolute Gasteiger partial charge is 0.351 e. The Kier molecular flexibility index (Phi) is 7.84. The number of nitrogens with zero attached hydrogens (tertiary/aromatic N) is 1. The van der Waals surface area contributed by atoms with Gasteiger partial charge in [0.15, 0.2) is 0 Å². The van der Waals surface area contributed by atoms with E-state index in [1.54, 1.807) is 12.1 Å². The fourth-order valence-corrected chi connectivity index (χ4v) is 2.11. The van der Waals surface area contributed by atoms with E-state index < -0.39 is 0 Å². The maximum absolute atomic E-state index is 11.8. The quantitative estimate of drug-likeness (QED) is 0.568. The lowest BCUT2D eigenvalue weighted by Gasteiger charge is -2.06. The molecule has 0 atom stereocenters. The molecule has 1 N–H and O–H groups in total. The van der Waals surface area contributed by atoms with E-state index in [-0.39, 0.29) is 16.8 Å². The molecule has 1 heterocycles. The van der Waals surface area contributed by atoms with Crippen LogP contribution in [0.15, 0.2) is 12.1 Å². The summed E-state index contributed by atoms with van der Waals surface area (Å²) in [5.74, 6) is -0.263. The number of carbonyl (C=O) groups is 1. The molecule has 1 aromatic rings. The van der Waals surface area contributed by atoms with Gasteiger partial charge in [-0.2, -0.15) is 0 Å².